The monoisotopic (exact) mass is 273 g/mol. The summed E-state index contributed by atoms with van der Waals surface area (Å²) in [6.07, 6.45) is 2.83. The molecule has 0 fully saturated rings. The first kappa shape index (κ1) is 11.9. The highest BCUT2D eigenvalue weighted by molar-refractivity contribution is 6.31. The number of aromatic nitrogens is 4. The van der Waals surface area contributed by atoms with Crippen molar-refractivity contribution in [2.24, 2.45) is 7.05 Å². The molecule has 0 aromatic carbocycles. The molecule has 2 rings (SSSR count). The molecule has 6 nitrogen and oxygen atoms in total. The van der Waals surface area contributed by atoms with Gasteiger partial charge in [-0.1, -0.05) is 23.2 Å². The Morgan fingerprint density at radius 3 is 2.71 bits per heavy atom. The van der Waals surface area contributed by atoms with Gasteiger partial charge in [0.1, 0.15) is 16.7 Å². The molecule has 0 bridgehead atoms. The third-order valence-electron chi connectivity index (χ3n) is 2.36. The second kappa shape index (κ2) is 4.38. The van der Waals surface area contributed by atoms with E-state index in [2.05, 4.69) is 9.97 Å². The highest BCUT2D eigenvalue weighted by Crippen LogP contribution is 2.11. The summed E-state index contributed by atoms with van der Waals surface area (Å²) in [5.41, 5.74) is 5.03. The number of nitrogen functional groups attached to an aromatic ring is 1. The van der Waals surface area contributed by atoms with Crippen LogP contribution in [0.1, 0.15) is 5.82 Å². The van der Waals surface area contributed by atoms with Crippen LogP contribution in [0.15, 0.2) is 17.3 Å². The largest absolute Gasteiger partial charge is 0.392 e. The Morgan fingerprint density at radius 1 is 1.41 bits per heavy atom. The Balaban J connectivity index is 2.41. The molecule has 2 N–H and O–H groups in total. The van der Waals surface area contributed by atoms with E-state index in [0.29, 0.717) is 11.0 Å². The zero-order valence-corrected chi connectivity index (χ0v) is 10.4. The molecule has 0 aliphatic carbocycles. The fraction of sp³-hybridized carbons (Fsp3) is 0.222. The van der Waals surface area contributed by atoms with Crippen molar-refractivity contribution in [1.29, 1.82) is 0 Å². The minimum absolute atomic E-state index is 0.00382. The highest BCUT2D eigenvalue weighted by atomic mass is 35.5. The summed E-state index contributed by atoms with van der Waals surface area (Å²) in [4.78, 5) is 19.6. The molecule has 0 unspecified atom stereocenters. The Hall–Kier alpha value is -1.53. The van der Waals surface area contributed by atoms with Crippen LogP contribution in [0.3, 0.4) is 0 Å². The molecule has 0 radical (unpaired) electrons. The molecule has 0 amide bonds. The van der Waals surface area contributed by atoms with Gasteiger partial charge in [0, 0.05) is 7.05 Å². The standard InChI is InChI=1S/C9H9Cl2N5O/c1-15-5(10)2-13-6(15)3-16-4-14-8(11)7(12)9(16)17/h2,4H,3,12H2,1H3. The Kier molecular flexibility index (Phi) is 3.08. The number of halogens is 2. The molecule has 0 aliphatic heterocycles. The quantitative estimate of drug-likeness (QED) is 0.826. The fourth-order valence-electron chi connectivity index (χ4n) is 1.32. The maximum absolute atomic E-state index is 11.8. The first-order chi connectivity index (χ1) is 8.00. The average Bonchev–Trinajstić information content (AvgIpc) is 2.62. The van der Waals surface area contributed by atoms with Crippen molar-refractivity contribution >= 4 is 28.9 Å². The molecule has 2 heterocycles. The van der Waals surface area contributed by atoms with E-state index in [4.69, 9.17) is 28.9 Å². The number of rotatable bonds is 2. The molecular weight excluding hydrogens is 265 g/mol. The first-order valence-electron chi connectivity index (χ1n) is 4.67. The normalized spacial score (nSPS) is 10.8. The molecule has 90 valence electrons. The molecule has 2 aromatic rings. The predicted molar refractivity (Wildman–Crippen MR) is 65.2 cm³/mol. The van der Waals surface area contributed by atoms with Gasteiger partial charge in [0.2, 0.25) is 0 Å². The lowest BCUT2D eigenvalue weighted by molar-refractivity contribution is 0.668. The van der Waals surface area contributed by atoms with Crippen molar-refractivity contribution in [2.45, 2.75) is 6.54 Å². The van der Waals surface area contributed by atoms with Gasteiger partial charge in [0.25, 0.3) is 5.56 Å². The van der Waals surface area contributed by atoms with Crippen molar-refractivity contribution in [3.63, 3.8) is 0 Å². The maximum Gasteiger partial charge on any atom is 0.278 e. The summed E-state index contributed by atoms with van der Waals surface area (Å²) in [7, 11) is 1.75. The number of anilines is 1. The van der Waals surface area contributed by atoms with Crippen LogP contribution in [0, 0.1) is 0 Å². The second-order valence-corrected chi connectivity index (χ2v) is 4.18. The number of imidazole rings is 1. The molecule has 0 atom stereocenters. The lowest BCUT2D eigenvalue weighted by Gasteiger charge is -2.06. The molecule has 0 saturated heterocycles. The molecule has 0 saturated carbocycles. The third-order valence-corrected chi connectivity index (χ3v) is 3.02. The minimum Gasteiger partial charge on any atom is -0.392 e. The van der Waals surface area contributed by atoms with Gasteiger partial charge in [-0.25, -0.2) is 9.97 Å². The van der Waals surface area contributed by atoms with Crippen LogP contribution in [0.2, 0.25) is 10.3 Å². The summed E-state index contributed by atoms with van der Waals surface area (Å²) in [6.45, 7) is 0.233. The van der Waals surface area contributed by atoms with Crippen LogP contribution >= 0.6 is 23.2 Å². The number of nitrogens with zero attached hydrogens (tertiary/aromatic N) is 4. The van der Waals surface area contributed by atoms with Crippen LogP contribution in [0.4, 0.5) is 5.69 Å². The van der Waals surface area contributed by atoms with Crippen LogP contribution in [0.5, 0.6) is 0 Å². The van der Waals surface area contributed by atoms with Gasteiger partial charge < -0.3 is 10.3 Å². The van der Waals surface area contributed by atoms with Crippen molar-refractivity contribution in [3.8, 4) is 0 Å². The van der Waals surface area contributed by atoms with E-state index in [1.807, 2.05) is 0 Å². The molecule has 0 aliphatic rings. The SMILES string of the molecule is Cn1c(Cl)cnc1Cn1cnc(Cl)c(N)c1=O. The summed E-state index contributed by atoms with van der Waals surface area (Å²) >= 11 is 11.5. The van der Waals surface area contributed by atoms with Crippen LogP contribution < -0.4 is 11.3 Å². The fourth-order valence-corrected chi connectivity index (χ4v) is 1.59. The van der Waals surface area contributed by atoms with Gasteiger partial charge in [-0.3, -0.25) is 9.36 Å². The van der Waals surface area contributed by atoms with Crippen LogP contribution in [-0.4, -0.2) is 19.1 Å². The molecule has 8 heteroatoms. The van der Waals surface area contributed by atoms with E-state index < -0.39 is 5.56 Å². The van der Waals surface area contributed by atoms with Gasteiger partial charge >= 0.3 is 0 Å². The third kappa shape index (κ3) is 2.13. The van der Waals surface area contributed by atoms with Crippen LogP contribution in [-0.2, 0) is 13.6 Å². The minimum atomic E-state index is -0.399. The molecular formula is C9H9Cl2N5O. The van der Waals surface area contributed by atoms with Crippen molar-refractivity contribution in [2.75, 3.05) is 5.73 Å². The second-order valence-electron chi connectivity index (χ2n) is 3.44. The van der Waals surface area contributed by atoms with Crippen molar-refractivity contribution in [3.05, 3.63) is 39.0 Å². The van der Waals surface area contributed by atoms with E-state index in [0.717, 1.165) is 0 Å². The predicted octanol–water partition coefficient (Wildman–Crippen LogP) is 0.914. The summed E-state index contributed by atoms with van der Waals surface area (Å²) in [5.74, 6) is 0.626. The van der Waals surface area contributed by atoms with E-state index in [1.165, 1.54) is 17.1 Å². The summed E-state index contributed by atoms with van der Waals surface area (Å²) in [5, 5.41) is 0.493. The lowest BCUT2D eigenvalue weighted by Crippen LogP contribution is -2.25. The number of hydrogen-bond donors (Lipinski definition) is 1. The van der Waals surface area contributed by atoms with E-state index in [1.54, 1.807) is 11.6 Å². The average molecular weight is 274 g/mol. The van der Waals surface area contributed by atoms with Gasteiger partial charge in [-0.05, 0) is 0 Å². The Morgan fingerprint density at radius 2 is 2.12 bits per heavy atom. The maximum atomic E-state index is 11.8. The van der Waals surface area contributed by atoms with Gasteiger partial charge in [-0.15, -0.1) is 0 Å². The van der Waals surface area contributed by atoms with E-state index in [-0.39, 0.29) is 17.4 Å². The van der Waals surface area contributed by atoms with Gasteiger partial charge in [0.15, 0.2) is 5.15 Å². The zero-order chi connectivity index (χ0) is 12.6. The molecule has 17 heavy (non-hydrogen) atoms. The lowest BCUT2D eigenvalue weighted by atomic mass is 10.5. The number of hydrogen-bond acceptors (Lipinski definition) is 4. The number of nitrogens with two attached hydrogens (primary N) is 1. The first-order valence-corrected chi connectivity index (χ1v) is 5.42. The molecule has 2 aromatic heterocycles. The molecule has 0 spiro atoms. The van der Waals surface area contributed by atoms with E-state index >= 15 is 0 Å². The zero-order valence-electron chi connectivity index (χ0n) is 8.89. The van der Waals surface area contributed by atoms with Gasteiger partial charge in [0.05, 0.1) is 19.1 Å². The smallest absolute Gasteiger partial charge is 0.278 e. The Bertz CT molecular complexity index is 618. The Labute approximate surface area is 107 Å². The summed E-state index contributed by atoms with van der Waals surface area (Å²) in [6, 6.07) is 0. The topological polar surface area (TPSA) is 78.7 Å². The van der Waals surface area contributed by atoms with E-state index in [9.17, 15) is 4.79 Å². The van der Waals surface area contributed by atoms with Crippen molar-refractivity contribution < 1.29 is 0 Å². The van der Waals surface area contributed by atoms with Crippen molar-refractivity contribution in [1.82, 2.24) is 19.1 Å². The van der Waals surface area contributed by atoms with Gasteiger partial charge in [-0.2, -0.15) is 0 Å². The summed E-state index contributed by atoms with van der Waals surface area (Å²) < 4.78 is 2.98. The highest BCUT2D eigenvalue weighted by Gasteiger charge is 2.10. The van der Waals surface area contributed by atoms with Crippen LogP contribution in [0.25, 0.3) is 0 Å².